The number of nitrogens with one attached hydrogen (secondary N) is 1. The first-order valence-electron chi connectivity index (χ1n) is 9.08. The lowest BCUT2D eigenvalue weighted by Crippen LogP contribution is -2.52. The van der Waals surface area contributed by atoms with E-state index >= 15 is 0 Å². The molecular formula is C17H29N3O2S. The van der Waals surface area contributed by atoms with Crippen molar-refractivity contribution in [3.63, 3.8) is 0 Å². The minimum atomic E-state index is -0.227. The van der Waals surface area contributed by atoms with Gasteiger partial charge >= 0.3 is 0 Å². The number of hydrogen-bond donors (Lipinski definition) is 1. The summed E-state index contributed by atoms with van der Waals surface area (Å²) in [6.45, 7) is 4.82. The summed E-state index contributed by atoms with van der Waals surface area (Å²) in [6, 6.07) is 0.338. The molecule has 2 aliphatic heterocycles. The second kappa shape index (κ2) is 7.88. The van der Waals surface area contributed by atoms with E-state index in [4.69, 9.17) is 0 Å². The highest BCUT2D eigenvalue weighted by Gasteiger charge is 2.37. The van der Waals surface area contributed by atoms with E-state index in [9.17, 15) is 9.59 Å². The van der Waals surface area contributed by atoms with Crippen molar-refractivity contribution in [2.75, 3.05) is 31.3 Å². The zero-order valence-corrected chi connectivity index (χ0v) is 14.9. The average molecular weight is 340 g/mol. The monoisotopic (exact) mass is 339 g/mol. The van der Waals surface area contributed by atoms with Gasteiger partial charge in [0.2, 0.25) is 11.8 Å². The molecule has 1 unspecified atom stereocenters. The summed E-state index contributed by atoms with van der Waals surface area (Å²) in [5.41, 5.74) is 0. The number of amides is 2. The maximum absolute atomic E-state index is 12.8. The first-order valence-corrected chi connectivity index (χ1v) is 10.2. The topological polar surface area (TPSA) is 52.7 Å². The molecule has 0 radical (unpaired) electrons. The van der Waals surface area contributed by atoms with Gasteiger partial charge in [-0.3, -0.25) is 9.59 Å². The SMILES string of the molecule is CCCC(=O)N1CSCC1C(=O)N1CCC(NCC2CC2)CC1. The van der Waals surface area contributed by atoms with Crippen LogP contribution in [0.25, 0.3) is 0 Å². The molecule has 0 spiro atoms. The zero-order chi connectivity index (χ0) is 16.2. The molecule has 0 aromatic rings. The third-order valence-electron chi connectivity index (χ3n) is 5.15. The zero-order valence-electron chi connectivity index (χ0n) is 14.1. The maximum atomic E-state index is 12.8. The Labute approximate surface area is 143 Å². The summed E-state index contributed by atoms with van der Waals surface area (Å²) in [4.78, 5) is 28.8. The number of nitrogens with zero attached hydrogens (tertiary/aromatic N) is 2. The molecule has 3 rings (SSSR count). The predicted molar refractivity (Wildman–Crippen MR) is 93.2 cm³/mol. The van der Waals surface area contributed by atoms with Gasteiger partial charge in [0.25, 0.3) is 0 Å². The van der Waals surface area contributed by atoms with Crippen LogP contribution in [0.4, 0.5) is 0 Å². The van der Waals surface area contributed by atoms with Crippen LogP contribution in [-0.2, 0) is 9.59 Å². The summed E-state index contributed by atoms with van der Waals surface area (Å²) in [5, 5.41) is 3.65. The van der Waals surface area contributed by atoms with Crippen molar-refractivity contribution in [3.05, 3.63) is 0 Å². The van der Waals surface area contributed by atoms with Crippen LogP contribution in [0.5, 0.6) is 0 Å². The number of likely N-dealkylation sites (tertiary alicyclic amines) is 1. The molecule has 1 saturated carbocycles. The molecule has 1 N–H and O–H groups in total. The van der Waals surface area contributed by atoms with Crippen molar-refractivity contribution >= 4 is 23.6 Å². The Morgan fingerprint density at radius 2 is 1.91 bits per heavy atom. The molecule has 130 valence electrons. The molecule has 2 heterocycles. The molecule has 0 bridgehead atoms. The summed E-state index contributed by atoms with van der Waals surface area (Å²) in [7, 11) is 0. The molecule has 0 aromatic carbocycles. The largest absolute Gasteiger partial charge is 0.341 e. The third kappa shape index (κ3) is 4.41. The van der Waals surface area contributed by atoms with Crippen LogP contribution in [0.15, 0.2) is 0 Å². The van der Waals surface area contributed by atoms with E-state index in [1.165, 1.54) is 12.8 Å². The van der Waals surface area contributed by atoms with Crippen LogP contribution in [0.3, 0.4) is 0 Å². The first-order chi connectivity index (χ1) is 11.2. The predicted octanol–water partition coefficient (Wildman–Crippen LogP) is 1.68. The molecule has 3 aliphatic rings. The summed E-state index contributed by atoms with van der Waals surface area (Å²) >= 11 is 1.70. The Balaban J connectivity index is 1.47. The normalized spacial score (nSPS) is 25.9. The smallest absolute Gasteiger partial charge is 0.246 e. The van der Waals surface area contributed by atoms with Crippen molar-refractivity contribution in [1.82, 2.24) is 15.1 Å². The molecule has 2 saturated heterocycles. The highest BCUT2D eigenvalue weighted by Crippen LogP contribution is 2.28. The lowest BCUT2D eigenvalue weighted by molar-refractivity contribution is -0.144. The number of rotatable bonds is 6. The van der Waals surface area contributed by atoms with Crippen LogP contribution in [0, 0.1) is 5.92 Å². The van der Waals surface area contributed by atoms with Gasteiger partial charge in [-0.15, -0.1) is 11.8 Å². The summed E-state index contributed by atoms with van der Waals surface area (Å²) in [5.74, 6) is 2.64. The van der Waals surface area contributed by atoms with Crippen LogP contribution >= 0.6 is 11.8 Å². The first kappa shape index (κ1) is 17.1. The fraction of sp³-hybridized carbons (Fsp3) is 0.882. The van der Waals surface area contributed by atoms with Gasteiger partial charge in [0.15, 0.2) is 0 Å². The molecule has 1 atom stereocenters. The molecule has 5 nitrogen and oxygen atoms in total. The Morgan fingerprint density at radius 1 is 1.17 bits per heavy atom. The number of carbonyl (C=O) groups is 2. The van der Waals surface area contributed by atoms with Gasteiger partial charge in [0, 0.05) is 31.3 Å². The lowest BCUT2D eigenvalue weighted by Gasteiger charge is -2.35. The number of carbonyl (C=O) groups excluding carboxylic acids is 2. The highest BCUT2D eigenvalue weighted by molar-refractivity contribution is 7.99. The van der Waals surface area contributed by atoms with Crippen LogP contribution < -0.4 is 5.32 Å². The lowest BCUT2D eigenvalue weighted by atomic mass is 10.0. The second-order valence-electron chi connectivity index (χ2n) is 7.08. The summed E-state index contributed by atoms with van der Waals surface area (Å²) < 4.78 is 0. The highest BCUT2D eigenvalue weighted by atomic mass is 32.2. The van der Waals surface area contributed by atoms with Gasteiger partial charge in [-0.1, -0.05) is 6.92 Å². The van der Waals surface area contributed by atoms with Gasteiger partial charge in [0.05, 0.1) is 5.88 Å². The van der Waals surface area contributed by atoms with Crippen LogP contribution in [0.1, 0.15) is 45.4 Å². The van der Waals surface area contributed by atoms with E-state index in [0.717, 1.165) is 50.6 Å². The molecule has 23 heavy (non-hydrogen) atoms. The minimum Gasteiger partial charge on any atom is -0.341 e. The Hall–Kier alpha value is -0.750. The Kier molecular flexibility index (Phi) is 5.85. The molecule has 3 fully saturated rings. The van der Waals surface area contributed by atoms with E-state index in [2.05, 4.69) is 5.32 Å². The molecule has 2 amide bonds. The van der Waals surface area contributed by atoms with Gasteiger partial charge < -0.3 is 15.1 Å². The number of thioether (sulfide) groups is 1. The number of piperidine rings is 1. The van der Waals surface area contributed by atoms with Crippen LogP contribution in [0.2, 0.25) is 0 Å². The quantitative estimate of drug-likeness (QED) is 0.800. The fourth-order valence-corrected chi connectivity index (χ4v) is 4.59. The van der Waals surface area contributed by atoms with Gasteiger partial charge in [-0.05, 0) is 44.6 Å². The van der Waals surface area contributed by atoms with Gasteiger partial charge in [0.1, 0.15) is 6.04 Å². The number of hydrogen-bond acceptors (Lipinski definition) is 4. The van der Waals surface area contributed by atoms with Crippen molar-refractivity contribution in [2.24, 2.45) is 5.92 Å². The standard InChI is InChI=1S/C17H29N3O2S/c1-2-3-16(21)20-12-23-11-15(20)17(22)19-8-6-14(7-9-19)18-10-13-4-5-13/h13-15,18H,2-12H2,1H3. The van der Waals surface area contributed by atoms with Crippen molar-refractivity contribution in [3.8, 4) is 0 Å². The Bertz CT molecular complexity index is 434. The van der Waals surface area contributed by atoms with Gasteiger partial charge in [-0.2, -0.15) is 0 Å². The van der Waals surface area contributed by atoms with E-state index in [1.54, 1.807) is 16.7 Å². The second-order valence-corrected chi connectivity index (χ2v) is 8.08. The van der Waals surface area contributed by atoms with E-state index < -0.39 is 0 Å². The van der Waals surface area contributed by atoms with E-state index in [-0.39, 0.29) is 17.9 Å². The van der Waals surface area contributed by atoms with Gasteiger partial charge in [-0.25, -0.2) is 0 Å². The van der Waals surface area contributed by atoms with Crippen LogP contribution in [-0.4, -0.2) is 65.0 Å². The fourth-order valence-electron chi connectivity index (χ4n) is 3.42. The maximum Gasteiger partial charge on any atom is 0.246 e. The Morgan fingerprint density at radius 3 is 2.57 bits per heavy atom. The van der Waals surface area contributed by atoms with Crippen molar-refractivity contribution < 1.29 is 9.59 Å². The van der Waals surface area contributed by atoms with E-state index in [0.29, 0.717) is 18.3 Å². The van der Waals surface area contributed by atoms with E-state index in [1.807, 2.05) is 11.8 Å². The molecule has 6 heteroatoms. The summed E-state index contributed by atoms with van der Waals surface area (Å²) in [6.07, 6.45) is 6.25. The van der Waals surface area contributed by atoms with Crippen molar-refractivity contribution in [2.45, 2.75) is 57.5 Å². The third-order valence-corrected chi connectivity index (χ3v) is 6.16. The molecule has 0 aromatic heterocycles. The van der Waals surface area contributed by atoms with Crippen molar-refractivity contribution in [1.29, 1.82) is 0 Å². The molecular weight excluding hydrogens is 310 g/mol. The minimum absolute atomic E-state index is 0.136. The molecule has 1 aliphatic carbocycles. The average Bonchev–Trinajstić information content (AvgIpc) is 3.27.